The predicted octanol–water partition coefficient (Wildman–Crippen LogP) is 4.37. The van der Waals surface area contributed by atoms with Gasteiger partial charge in [-0.15, -0.1) is 0 Å². The zero-order valence-electron chi connectivity index (χ0n) is 12.8. The fourth-order valence-electron chi connectivity index (χ4n) is 2.02. The number of carbonyl (C=O) groups is 1. The predicted molar refractivity (Wildman–Crippen MR) is 94.2 cm³/mol. The van der Waals surface area contributed by atoms with Gasteiger partial charge in [0.15, 0.2) is 6.61 Å². The summed E-state index contributed by atoms with van der Waals surface area (Å²) in [5, 5.41) is 3.46. The Kier molecular flexibility index (Phi) is 6.30. The molecule has 0 heterocycles. The molecule has 0 aliphatic rings. The molecular formula is C17H17BrClNO3. The zero-order valence-corrected chi connectivity index (χ0v) is 15.1. The fraction of sp³-hybridized carbons (Fsp3) is 0.235. The van der Waals surface area contributed by atoms with Crippen LogP contribution in [0, 0.1) is 0 Å². The second-order valence-electron chi connectivity index (χ2n) is 4.93. The standard InChI is InChI=1S/C17H17BrClNO3/c1-11(12-6-7-16(22-2)15(18)8-12)20-17(21)10-23-14-5-3-4-13(19)9-14/h3-9,11H,10H2,1-2H3,(H,20,21)/t11-/m0/s1. The first-order chi connectivity index (χ1) is 11.0. The van der Waals surface area contributed by atoms with Crippen molar-refractivity contribution < 1.29 is 14.3 Å². The van der Waals surface area contributed by atoms with Crippen LogP contribution in [0.5, 0.6) is 11.5 Å². The molecule has 6 heteroatoms. The third-order valence-corrected chi connectivity index (χ3v) is 4.07. The van der Waals surface area contributed by atoms with Crippen molar-refractivity contribution >= 4 is 33.4 Å². The lowest BCUT2D eigenvalue weighted by molar-refractivity contribution is -0.123. The molecule has 122 valence electrons. The van der Waals surface area contributed by atoms with Gasteiger partial charge in [0.25, 0.3) is 5.91 Å². The van der Waals surface area contributed by atoms with Gasteiger partial charge >= 0.3 is 0 Å². The minimum Gasteiger partial charge on any atom is -0.496 e. The first-order valence-electron chi connectivity index (χ1n) is 7.00. The Bertz CT molecular complexity index is 693. The number of hydrogen-bond donors (Lipinski definition) is 1. The molecule has 0 aliphatic heterocycles. The number of benzene rings is 2. The number of ether oxygens (including phenoxy) is 2. The van der Waals surface area contributed by atoms with E-state index in [0.717, 1.165) is 15.8 Å². The first kappa shape index (κ1) is 17.6. The van der Waals surface area contributed by atoms with Crippen LogP contribution < -0.4 is 14.8 Å². The van der Waals surface area contributed by atoms with Gasteiger partial charge in [0.05, 0.1) is 17.6 Å². The van der Waals surface area contributed by atoms with Crippen LogP contribution in [0.4, 0.5) is 0 Å². The molecule has 1 N–H and O–H groups in total. The van der Waals surface area contributed by atoms with Crippen molar-refractivity contribution in [3.63, 3.8) is 0 Å². The minimum absolute atomic E-state index is 0.0675. The highest BCUT2D eigenvalue weighted by Crippen LogP contribution is 2.28. The van der Waals surface area contributed by atoms with Gasteiger partial charge in [0.2, 0.25) is 0 Å². The molecule has 0 aromatic heterocycles. The van der Waals surface area contributed by atoms with Crippen LogP contribution in [0.2, 0.25) is 5.02 Å². The average Bonchev–Trinajstić information content (AvgIpc) is 2.53. The largest absolute Gasteiger partial charge is 0.496 e. The van der Waals surface area contributed by atoms with E-state index in [2.05, 4.69) is 21.2 Å². The van der Waals surface area contributed by atoms with Crippen LogP contribution in [-0.4, -0.2) is 19.6 Å². The molecule has 0 radical (unpaired) electrons. The van der Waals surface area contributed by atoms with Gasteiger partial charge in [-0.2, -0.15) is 0 Å². The van der Waals surface area contributed by atoms with Crippen molar-refractivity contribution in [2.75, 3.05) is 13.7 Å². The third kappa shape index (κ3) is 5.15. The second-order valence-corrected chi connectivity index (χ2v) is 6.22. The number of nitrogens with one attached hydrogen (secondary N) is 1. The van der Waals surface area contributed by atoms with E-state index in [9.17, 15) is 4.79 Å². The monoisotopic (exact) mass is 397 g/mol. The topological polar surface area (TPSA) is 47.6 Å². The molecule has 0 fully saturated rings. The van der Waals surface area contributed by atoms with Gasteiger partial charge in [-0.25, -0.2) is 0 Å². The lowest BCUT2D eigenvalue weighted by Gasteiger charge is -2.16. The molecule has 0 spiro atoms. The Morgan fingerprint density at radius 2 is 2.09 bits per heavy atom. The van der Waals surface area contributed by atoms with Crippen molar-refractivity contribution in [2.45, 2.75) is 13.0 Å². The van der Waals surface area contributed by atoms with Gasteiger partial charge in [0.1, 0.15) is 11.5 Å². The third-order valence-electron chi connectivity index (χ3n) is 3.22. The van der Waals surface area contributed by atoms with Gasteiger partial charge < -0.3 is 14.8 Å². The Hall–Kier alpha value is -1.72. The number of halogens is 2. The number of amides is 1. The molecule has 0 unspecified atom stereocenters. The van der Waals surface area contributed by atoms with Gasteiger partial charge in [-0.1, -0.05) is 23.7 Å². The molecule has 1 atom stereocenters. The van der Waals surface area contributed by atoms with E-state index < -0.39 is 0 Å². The summed E-state index contributed by atoms with van der Waals surface area (Å²) in [4.78, 5) is 12.0. The van der Waals surface area contributed by atoms with Gasteiger partial charge in [-0.3, -0.25) is 4.79 Å². The van der Waals surface area contributed by atoms with Crippen molar-refractivity contribution in [1.29, 1.82) is 0 Å². The highest BCUT2D eigenvalue weighted by molar-refractivity contribution is 9.10. The average molecular weight is 399 g/mol. The highest BCUT2D eigenvalue weighted by atomic mass is 79.9. The summed E-state index contributed by atoms with van der Waals surface area (Å²) < 4.78 is 11.5. The van der Waals surface area contributed by atoms with Crippen molar-refractivity contribution in [1.82, 2.24) is 5.32 Å². The van der Waals surface area contributed by atoms with Crippen LogP contribution >= 0.6 is 27.5 Å². The van der Waals surface area contributed by atoms with Gasteiger partial charge in [0, 0.05) is 5.02 Å². The maximum absolute atomic E-state index is 12.0. The summed E-state index contributed by atoms with van der Waals surface area (Å²) in [6, 6.07) is 12.5. The van der Waals surface area contributed by atoms with Crippen LogP contribution in [0.3, 0.4) is 0 Å². The lowest BCUT2D eigenvalue weighted by atomic mass is 10.1. The van der Waals surface area contributed by atoms with Crippen molar-refractivity contribution in [3.05, 3.63) is 57.5 Å². The molecule has 2 rings (SSSR count). The zero-order chi connectivity index (χ0) is 16.8. The normalized spacial score (nSPS) is 11.7. The fourth-order valence-corrected chi connectivity index (χ4v) is 2.76. The number of methoxy groups -OCH3 is 1. The van der Waals surface area contributed by atoms with E-state index in [-0.39, 0.29) is 18.6 Å². The van der Waals surface area contributed by atoms with Crippen molar-refractivity contribution in [2.24, 2.45) is 0 Å². The Morgan fingerprint density at radius 3 is 2.74 bits per heavy atom. The smallest absolute Gasteiger partial charge is 0.258 e. The van der Waals surface area contributed by atoms with E-state index in [1.54, 1.807) is 31.4 Å². The SMILES string of the molecule is COc1ccc([C@H](C)NC(=O)COc2cccc(Cl)c2)cc1Br. The quantitative estimate of drug-likeness (QED) is 0.786. The van der Waals surface area contributed by atoms with Crippen LogP contribution in [-0.2, 0) is 4.79 Å². The molecule has 0 saturated carbocycles. The molecule has 2 aromatic rings. The van der Waals surface area contributed by atoms with E-state index in [4.69, 9.17) is 21.1 Å². The summed E-state index contributed by atoms with van der Waals surface area (Å²) in [5.74, 6) is 1.11. The van der Waals surface area contributed by atoms with E-state index in [1.165, 1.54) is 0 Å². The summed E-state index contributed by atoms with van der Waals surface area (Å²) in [7, 11) is 1.61. The number of hydrogen-bond acceptors (Lipinski definition) is 3. The molecule has 2 aromatic carbocycles. The molecule has 0 saturated heterocycles. The Morgan fingerprint density at radius 1 is 1.30 bits per heavy atom. The summed E-state index contributed by atoms with van der Waals surface area (Å²) in [6.07, 6.45) is 0. The summed E-state index contributed by atoms with van der Waals surface area (Å²) >= 11 is 9.30. The highest BCUT2D eigenvalue weighted by Gasteiger charge is 2.12. The molecular weight excluding hydrogens is 382 g/mol. The van der Waals surface area contributed by atoms with Crippen LogP contribution in [0.25, 0.3) is 0 Å². The molecule has 1 amide bonds. The maximum atomic E-state index is 12.0. The Balaban J connectivity index is 1.90. The van der Waals surface area contributed by atoms with Crippen molar-refractivity contribution in [3.8, 4) is 11.5 Å². The van der Waals surface area contributed by atoms with Crippen LogP contribution in [0.1, 0.15) is 18.5 Å². The summed E-state index contributed by atoms with van der Waals surface area (Å²) in [6.45, 7) is 1.84. The lowest BCUT2D eigenvalue weighted by Crippen LogP contribution is -2.31. The number of rotatable bonds is 6. The number of carbonyl (C=O) groups excluding carboxylic acids is 1. The van der Waals surface area contributed by atoms with E-state index >= 15 is 0 Å². The molecule has 4 nitrogen and oxygen atoms in total. The first-order valence-corrected chi connectivity index (χ1v) is 8.18. The Labute approximate surface area is 148 Å². The summed E-state index contributed by atoms with van der Waals surface area (Å²) in [5.41, 5.74) is 0.966. The van der Waals surface area contributed by atoms with E-state index in [0.29, 0.717) is 10.8 Å². The second kappa shape index (κ2) is 8.22. The molecule has 0 aliphatic carbocycles. The van der Waals surface area contributed by atoms with Gasteiger partial charge in [-0.05, 0) is 58.7 Å². The minimum atomic E-state index is -0.204. The van der Waals surface area contributed by atoms with Crippen LogP contribution in [0.15, 0.2) is 46.9 Å². The maximum Gasteiger partial charge on any atom is 0.258 e. The molecule has 23 heavy (non-hydrogen) atoms. The van der Waals surface area contributed by atoms with E-state index in [1.807, 2.05) is 25.1 Å². The molecule has 0 bridgehead atoms.